The largest absolute Gasteiger partial charge is 0.459 e. The van der Waals surface area contributed by atoms with Crippen LogP contribution in [-0.4, -0.2) is 4.57 Å². The summed E-state index contributed by atoms with van der Waals surface area (Å²) in [5, 5.41) is 5.42. The predicted molar refractivity (Wildman–Crippen MR) is 100 cm³/mol. The maximum absolute atomic E-state index is 6.14. The van der Waals surface area contributed by atoms with Crippen molar-refractivity contribution in [3.8, 4) is 5.69 Å². The average Bonchev–Trinajstić information content (AvgIpc) is 3.20. The first-order valence-electron chi connectivity index (χ1n) is 8.39. The van der Waals surface area contributed by atoms with E-state index in [1.807, 2.05) is 18.2 Å². The quantitative estimate of drug-likeness (QED) is 0.500. The molecule has 0 fully saturated rings. The molecular formula is C21H17ClN2O. The summed E-state index contributed by atoms with van der Waals surface area (Å²) in [6.45, 7) is 2.96. The molecule has 1 aliphatic rings. The summed E-state index contributed by atoms with van der Waals surface area (Å²) in [5.41, 5.74) is 5.88. The molecule has 1 atom stereocenters. The van der Waals surface area contributed by atoms with Gasteiger partial charge in [-0.15, -0.1) is 0 Å². The van der Waals surface area contributed by atoms with Crippen molar-refractivity contribution >= 4 is 22.6 Å². The molecule has 2 aromatic carbocycles. The van der Waals surface area contributed by atoms with Crippen molar-refractivity contribution < 1.29 is 4.42 Å². The molecule has 0 saturated carbocycles. The highest BCUT2D eigenvalue weighted by Crippen LogP contribution is 2.34. The lowest BCUT2D eigenvalue weighted by Gasteiger charge is -2.14. The highest BCUT2D eigenvalue weighted by atomic mass is 35.5. The van der Waals surface area contributed by atoms with Gasteiger partial charge in [0.2, 0.25) is 0 Å². The van der Waals surface area contributed by atoms with E-state index < -0.39 is 0 Å². The van der Waals surface area contributed by atoms with E-state index in [1.54, 1.807) is 0 Å². The van der Waals surface area contributed by atoms with Gasteiger partial charge in [-0.25, -0.2) is 0 Å². The van der Waals surface area contributed by atoms with Crippen LogP contribution >= 0.6 is 11.6 Å². The maximum Gasteiger partial charge on any atom is 0.134 e. The summed E-state index contributed by atoms with van der Waals surface area (Å²) in [4.78, 5) is 0. The van der Waals surface area contributed by atoms with Crippen molar-refractivity contribution in [2.75, 3.05) is 0 Å². The van der Waals surface area contributed by atoms with Gasteiger partial charge in [-0.1, -0.05) is 23.7 Å². The van der Waals surface area contributed by atoms with Gasteiger partial charge in [0.1, 0.15) is 17.4 Å². The van der Waals surface area contributed by atoms with E-state index in [2.05, 4.69) is 59.4 Å². The zero-order chi connectivity index (χ0) is 17.0. The van der Waals surface area contributed by atoms with E-state index in [1.165, 1.54) is 22.5 Å². The summed E-state index contributed by atoms with van der Waals surface area (Å²) in [5.74, 6) is 0.905. The van der Waals surface area contributed by atoms with Crippen LogP contribution in [0.15, 0.2) is 65.2 Å². The monoisotopic (exact) mass is 348 g/mol. The summed E-state index contributed by atoms with van der Waals surface area (Å²) >= 11 is 6.12. The third-order valence-corrected chi connectivity index (χ3v) is 5.22. The predicted octanol–water partition coefficient (Wildman–Crippen LogP) is 5.38. The van der Waals surface area contributed by atoms with Gasteiger partial charge in [0.25, 0.3) is 0 Å². The van der Waals surface area contributed by atoms with Gasteiger partial charge < -0.3 is 8.98 Å². The SMILES string of the molecule is Cc1cccc2c1CNC(c1cc3cc(Cl)ccc3o1)c1cccn1-2. The lowest BCUT2D eigenvalue weighted by molar-refractivity contribution is 0.465. The van der Waals surface area contributed by atoms with E-state index in [4.69, 9.17) is 16.0 Å². The average molecular weight is 349 g/mol. The van der Waals surface area contributed by atoms with E-state index in [9.17, 15) is 0 Å². The van der Waals surface area contributed by atoms with Crippen molar-refractivity contribution in [1.82, 2.24) is 9.88 Å². The molecule has 0 amide bonds. The van der Waals surface area contributed by atoms with Crippen molar-refractivity contribution in [2.24, 2.45) is 0 Å². The molecule has 0 radical (unpaired) electrons. The second-order valence-corrected chi connectivity index (χ2v) is 6.96. The Morgan fingerprint density at radius 3 is 2.96 bits per heavy atom. The lowest BCUT2D eigenvalue weighted by atomic mass is 10.1. The van der Waals surface area contributed by atoms with Crippen molar-refractivity contribution in [1.29, 1.82) is 0 Å². The van der Waals surface area contributed by atoms with E-state index in [-0.39, 0.29) is 6.04 Å². The topological polar surface area (TPSA) is 30.1 Å². The standard InChI is InChI=1S/C21H17ClN2O/c1-13-4-2-5-17-16(13)12-23-21(18-6-3-9-24(17)18)20-11-14-10-15(22)7-8-19(14)25-20/h2-11,21,23H,12H2,1H3. The van der Waals surface area contributed by atoms with Gasteiger partial charge in [0.15, 0.2) is 0 Å². The smallest absolute Gasteiger partial charge is 0.134 e. The number of nitrogens with zero attached hydrogens (tertiary/aromatic N) is 1. The van der Waals surface area contributed by atoms with Gasteiger partial charge in [-0.2, -0.15) is 0 Å². The second-order valence-electron chi connectivity index (χ2n) is 6.52. The van der Waals surface area contributed by atoms with Crippen LogP contribution in [0.2, 0.25) is 5.02 Å². The summed E-state index contributed by atoms with van der Waals surface area (Å²) in [6.07, 6.45) is 2.12. The third-order valence-electron chi connectivity index (χ3n) is 4.99. The minimum atomic E-state index is -0.00650. The van der Waals surface area contributed by atoms with Crippen LogP contribution in [0.4, 0.5) is 0 Å². The maximum atomic E-state index is 6.14. The van der Waals surface area contributed by atoms with E-state index >= 15 is 0 Å². The molecule has 2 aromatic heterocycles. The number of aryl methyl sites for hydroxylation is 1. The third kappa shape index (κ3) is 2.31. The highest BCUT2D eigenvalue weighted by Gasteiger charge is 2.26. The van der Waals surface area contributed by atoms with Crippen LogP contribution in [0.3, 0.4) is 0 Å². The number of benzene rings is 2. The van der Waals surface area contributed by atoms with Crippen LogP contribution in [0.25, 0.3) is 16.7 Å². The summed E-state index contributed by atoms with van der Waals surface area (Å²) in [6, 6.07) is 18.5. The van der Waals surface area contributed by atoms with E-state index in [0.717, 1.165) is 28.3 Å². The molecule has 1 unspecified atom stereocenters. The molecule has 0 aliphatic carbocycles. The zero-order valence-corrected chi connectivity index (χ0v) is 14.5. The number of aromatic nitrogens is 1. The highest BCUT2D eigenvalue weighted by molar-refractivity contribution is 6.31. The van der Waals surface area contributed by atoms with Crippen molar-refractivity contribution in [3.05, 3.63) is 88.4 Å². The Morgan fingerprint density at radius 2 is 2.04 bits per heavy atom. The van der Waals surface area contributed by atoms with E-state index in [0.29, 0.717) is 0 Å². The number of halogens is 1. The Balaban J connectivity index is 1.67. The number of nitrogens with one attached hydrogen (secondary N) is 1. The molecule has 1 aliphatic heterocycles. The minimum Gasteiger partial charge on any atom is -0.459 e. The first-order chi connectivity index (χ1) is 12.2. The molecule has 3 heterocycles. The van der Waals surface area contributed by atoms with Gasteiger partial charge in [-0.05, 0) is 60.5 Å². The van der Waals surface area contributed by atoms with Crippen LogP contribution in [0, 0.1) is 6.92 Å². The molecule has 25 heavy (non-hydrogen) atoms. The van der Waals surface area contributed by atoms with Crippen LogP contribution in [0.1, 0.15) is 28.6 Å². The second kappa shape index (κ2) is 5.51. The number of hydrogen-bond donors (Lipinski definition) is 1. The van der Waals surface area contributed by atoms with Crippen molar-refractivity contribution in [2.45, 2.75) is 19.5 Å². The first kappa shape index (κ1) is 14.8. The number of rotatable bonds is 1. The Bertz CT molecular complexity index is 1090. The fraction of sp³-hybridized carbons (Fsp3) is 0.143. The first-order valence-corrected chi connectivity index (χ1v) is 8.77. The number of hydrogen-bond acceptors (Lipinski definition) is 2. The molecule has 5 rings (SSSR count). The molecular weight excluding hydrogens is 332 g/mol. The summed E-state index contributed by atoms with van der Waals surface area (Å²) in [7, 11) is 0. The zero-order valence-electron chi connectivity index (χ0n) is 13.8. The molecule has 4 heteroatoms. The van der Waals surface area contributed by atoms with Gasteiger partial charge in [-0.3, -0.25) is 5.32 Å². The van der Waals surface area contributed by atoms with Crippen LogP contribution in [-0.2, 0) is 6.54 Å². The Morgan fingerprint density at radius 1 is 1.12 bits per heavy atom. The van der Waals surface area contributed by atoms with Gasteiger partial charge in [0, 0.05) is 28.8 Å². The normalized spacial score (nSPS) is 16.5. The van der Waals surface area contributed by atoms with Gasteiger partial charge >= 0.3 is 0 Å². The molecule has 0 saturated heterocycles. The number of fused-ring (bicyclic) bond motifs is 4. The number of furan rings is 1. The van der Waals surface area contributed by atoms with Crippen LogP contribution < -0.4 is 5.32 Å². The molecule has 0 spiro atoms. The molecule has 4 aromatic rings. The van der Waals surface area contributed by atoms with Crippen molar-refractivity contribution in [3.63, 3.8) is 0 Å². The minimum absolute atomic E-state index is 0.00650. The lowest BCUT2D eigenvalue weighted by Crippen LogP contribution is -2.20. The van der Waals surface area contributed by atoms with Crippen LogP contribution in [0.5, 0.6) is 0 Å². The molecule has 3 nitrogen and oxygen atoms in total. The molecule has 0 bridgehead atoms. The fourth-order valence-corrected chi connectivity index (χ4v) is 3.90. The Hall–Kier alpha value is -2.49. The fourth-order valence-electron chi connectivity index (χ4n) is 3.72. The Labute approximate surface area is 150 Å². The summed E-state index contributed by atoms with van der Waals surface area (Å²) < 4.78 is 8.40. The molecule has 124 valence electrons. The molecule has 1 N–H and O–H groups in total. The van der Waals surface area contributed by atoms with Gasteiger partial charge in [0.05, 0.1) is 5.69 Å². The Kier molecular flexibility index (Phi) is 3.27.